The summed E-state index contributed by atoms with van der Waals surface area (Å²) in [7, 11) is 0. The van der Waals surface area contributed by atoms with Crippen LogP contribution in [0.25, 0.3) is 0 Å². The SMILES string of the molecule is N#C/C(F)=C/C=C/CCC1CCC(c2ccc(C#N)cc2)CC1. The zero-order valence-electron chi connectivity index (χ0n) is 13.2. The van der Waals surface area contributed by atoms with Crippen molar-refractivity contribution in [3.05, 3.63) is 59.4 Å². The van der Waals surface area contributed by atoms with Gasteiger partial charge in [0.15, 0.2) is 5.83 Å². The van der Waals surface area contributed by atoms with E-state index in [1.807, 2.05) is 18.2 Å². The fraction of sp³-hybridized carbons (Fsp3) is 0.400. The van der Waals surface area contributed by atoms with Crippen LogP contribution < -0.4 is 0 Å². The maximum absolute atomic E-state index is 12.6. The van der Waals surface area contributed by atoms with E-state index in [1.165, 1.54) is 43.4 Å². The number of allylic oxidation sites excluding steroid dienone is 4. The van der Waals surface area contributed by atoms with E-state index >= 15 is 0 Å². The van der Waals surface area contributed by atoms with E-state index in [-0.39, 0.29) is 0 Å². The molecule has 1 aliphatic carbocycles. The summed E-state index contributed by atoms with van der Waals surface area (Å²) < 4.78 is 12.6. The summed E-state index contributed by atoms with van der Waals surface area (Å²) in [6.07, 6.45) is 11.7. The van der Waals surface area contributed by atoms with Gasteiger partial charge in [0.2, 0.25) is 0 Å². The van der Waals surface area contributed by atoms with Crippen LogP contribution in [0.1, 0.15) is 55.6 Å². The lowest BCUT2D eigenvalue weighted by Gasteiger charge is -2.28. The molecule has 1 aromatic rings. The van der Waals surface area contributed by atoms with Gasteiger partial charge in [-0.3, -0.25) is 0 Å². The Balaban J connectivity index is 1.73. The van der Waals surface area contributed by atoms with Gasteiger partial charge in [0.25, 0.3) is 0 Å². The van der Waals surface area contributed by atoms with Crippen LogP contribution in [0.2, 0.25) is 0 Å². The second-order valence-corrected chi connectivity index (χ2v) is 6.08. The second-order valence-electron chi connectivity index (χ2n) is 6.08. The van der Waals surface area contributed by atoms with Crippen LogP contribution in [-0.2, 0) is 0 Å². The number of rotatable bonds is 5. The van der Waals surface area contributed by atoms with Gasteiger partial charge in [-0.1, -0.05) is 24.3 Å². The fourth-order valence-corrected chi connectivity index (χ4v) is 3.23. The predicted molar refractivity (Wildman–Crippen MR) is 89.0 cm³/mol. The molecule has 0 atom stereocenters. The van der Waals surface area contributed by atoms with Crippen LogP contribution in [0, 0.1) is 28.6 Å². The highest BCUT2D eigenvalue weighted by molar-refractivity contribution is 5.33. The molecule has 0 spiro atoms. The molecule has 1 aromatic carbocycles. The first-order chi connectivity index (χ1) is 11.2. The number of halogens is 1. The molecule has 1 saturated carbocycles. The van der Waals surface area contributed by atoms with Crippen molar-refractivity contribution >= 4 is 0 Å². The Morgan fingerprint density at radius 1 is 1.13 bits per heavy atom. The Labute approximate surface area is 137 Å². The summed E-state index contributed by atoms with van der Waals surface area (Å²) in [5, 5.41) is 17.1. The molecule has 23 heavy (non-hydrogen) atoms. The first kappa shape index (κ1) is 17.0. The van der Waals surface area contributed by atoms with Gasteiger partial charge in [0.05, 0.1) is 11.6 Å². The van der Waals surface area contributed by atoms with Crippen molar-refractivity contribution in [3.63, 3.8) is 0 Å². The van der Waals surface area contributed by atoms with Gasteiger partial charge in [0.1, 0.15) is 6.07 Å². The Hall–Kier alpha value is -2.39. The second kappa shape index (κ2) is 8.91. The highest BCUT2D eigenvalue weighted by Crippen LogP contribution is 2.37. The lowest BCUT2D eigenvalue weighted by atomic mass is 9.77. The van der Waals surface area contributed by atoms with Crippen molar-refractivity contribution in [3.8, 4) is 12.1 Å². The molecule has 0 amide bonds. The third-order valence-corrected chi connectivity index (χ3v) is 4.58. The van der Waals surface area contributed by atoms with Crippen LogP contribution in [0.5, 0.6) is 0 Å². The lowest BCUT2D eigenvalue weighted by Crippen LogP contribution is -2.13. The molecule has 0 saturated heterocycles. The van der Waals surface area contributed by atoms with Gasteiger partial charge in [-0.05, 0) is 74.1 Å². The highest BCUT2D eigenvalue weighted by Gasteiger charge is 2.21. The average Bonchev–Trinajstić information content (AvgIpc) is 2.62. The third-order valence-electron chi connectivity index (χ3n) is 4.58. The summed E-state index contributed by atoms with van der Waals surface area (Å²) in [5.74, 6) is 0.602. The third kappa shape index (κ3) is 5.38. The molecule has 0 radical (unpaired) electrons. The first-order valence-corrected chi connectivity index (χ1v) is 8.15. The van der Waals surface area contributed by atoms with Crippen LogP contribution in [0.15, 0.2) is 48.3 Å². The zero-order chi connectivity index (χ0) is 16.5. The van der Waals surface area contributed by atoms with Gasteiger partial charge in [0, 0.05) is 0 Å². The van der Waals surface area contributed by atoms with Crippen LogP contribution in [0.4, 0.5) is 4.39 Å². The molecular weight excluding hydrogens is 287 g/mol. The maximum atomic E-state index is 12.6. The predicted octanol–water partition coefficient (Wildman–Crippen LogP) is 5.55. The quantitative estimate of drug-likeness (QED) is 0.529. The van der Waals surface area contributed by atoms with Gasteiger partial charge in [-0.25, -0.2) is 0 Å². The summed E-state index contributed by atoms with van der Waals surface area (Å²) >= 11 is 0. The first-order valence-electron chi connectivity index (χ1n) is 8.15. The number of nitriles is 2. The fourth-order valence-electron chi connectivity index (χ4n) is 3.23. The van der Waals surface area contributed by atoms with Crippen LogP contribution >= 0.6 is 0 Å². The normalized spacial score (nSPS) is 21.8. The maximum Gasteiger partial charge on any atom is 0.199 e. The summed E-state index contributed by atoms with van der Waals surface area (Å²) in [6.45, 7) is 0. The van der Waals surface area contributed by atoms with Crippen molar-refractivity contribution < 1.29 is 4.39 Å². The van der Waals surface area contributed by atoms with E-state index in [4.69, 9.17) is 10.5 Å². The van der Waals surface area contributed by atoms with Gasteiger partial charge < -0.3 is 0 Å². The lowest BCUT2D eigenvalue weighted by molar-refractivity contribution is 0.312. The number of benzene rings is 1. The molecule has 2 nitrogen and oxygen atoms in total. The van der Waals surface area contributed by atoms with E-state index in [9.17, 15) is 4.39 Å². The zero-order valence-corrected chi connectivity index (χ0v) is 13.2. The molecule has 0 aliphatic heterocycles. The van der Waals surface area contributed by atoms with E-state index in [1.54, 1.807) is 6.08 Å². The topological polar surface area (TPSA) is 47.6 Å². The van der Waals surface area contributed by atoms with Crippen molar-refractivity contribution in [1.29, 1.82) is 10.5 Å². The number of nitrogens with zero attached hydrogens (tertiary/aromatic N) is 2. The van der Waals surface area contributed by atoms with Crippen molar-refractivity contribution in [1.82, 2.24) is 0 Å². The van der Waals surface area contributed by atoms with Crippen molar-refractivity contribution in [2.45, 2.75) is 44.4 Å². The van der Waals surface area contributed by atoms with Crippen LogP contribution in [-0.4, -0.2) is 0 Å². The van der Waals surface area contributed by atoms with Gasteiger partial charge in [-0.15, -0.1) is 0 Å². The Morgan fingerprint density at radius 2 is 1.83 bits per heavy atom. The Bertz CT molecular complexity index is 636. The van der Waals surface area contributed by atoms with Gasteiger partial charge >= 0.3 is 0 Å². The van der Waals surface area contributed by atoms with Crippen LogP contribution in [0.3, 0.4) is 0 Å². The monoisotopic (exact) mass is 308 g/mol. The molecule has 3 heteroatoms. The standard InChI is InChI=1S/C20H21FN2/c21-20(15-23)5-3-1-2-4-16-6-10-18(11-7-16)19-12-8-17(14-22)9-13-19/h1,3,5,8-9,12-13,16,18H,2,4,6-7,10-11H2/b3-1+,20-5-. The van der Waals surface area contributed by atoms with E-state index in [2.05, 4.69) is 18.2 Å². The summed E-state index contributed by atoms with van der Waals surface area (Å²) in [6, 6.07) is 11.6. The highest BCUT2D eigenvalue weighted by atomic mass is 19.1. The van der Waals surface area contributed by atoms with E-state index in [0.717, 1.165) is 24.3 Å². The molecule has 118 valence electrons. The largest absolute Gasteiger partial charge is 0.199 e. The van der Waals surface area contributed by atoms with E-state index < -0.39 is 5.83 Å². The van der Waals surface area contributed by atoms with E-state index in [0.29, 0.717) is 5.92 Å². The van der Waals surface area contributed by atoms with Crippen molar-refractivity contribution in [2.75, 3.05) is 0 Å². The molecule has 2 rings (SSSR count). The minimum Gasteiger partial charge on any atom is -0.195 e. The molecule has 0 heterocycles. The number of hydrogen-bond acceptors (Lipinski definition) is 2. The average molecular weight is 308 g/mol. The minimum atomic E-state index is -0.746. The summed E-state index contributed by atoms with van der Waals surface area (Å²) in [5.41, 5.74) is 2.07. The molecule has 0 unspecified atom stereocenters. The molecule has 0 N–H and O–H groups in total. The smallest absolute Gasteiger partial charge is 0.195 e. The molecule has 1 aliphatic rings. The molecule has 0 aromatic heterocycles. The van der Waals surface area contributed by atoms with Gasteiger partial charge in [-0.2, -0.15) is 14.9 Å². The minimum absolute atomic E-state index is 0.613. The Morgan fingerprint density at radius 3 is 2.43 bits per heavy atom. The molecular formula is C20H21FN2. The Kier molecular flexibility index (Phi) is 6.57. The van der Waals surface area contributed by atoms with Crippen molar-refractivity contribution in [2.24, 2.45) is 5.92 Å². The molecule has 1 fully saturated rings. The summed E-state index contributed by atoms with van der Waals surface area (Å²) in [4.78, 5) is 0. The number of hydrogen-bond donors (Lipinski definition) is 0. The molecule has 0 bridgehead atoms.